The number of hydrogen-bond acceptors (Lipinski definition) is 8. The Morgan fingerprint density at radius 2 is 2.00 bits per heavy atom. The van der Waals surface area contributed by atoms with E-state index in [0.717, 1.165) is 0 Å². The van der Waals surface area contributed by atoms with Crippen LogP contribution in [0.3, 0.4) is 0 Å². The number of pyridine rings is 1. The summed E-state index contributed by atoms with van der Waals surface area (Å²) in [7, 11) is 0. The summed E-state index contributed by atoms with van der Waals surface area (Å²) in [5, 5.41) is 16.7. The molecule has 2 aromatic heterocycles. The predicted octanol–water partition coefficient (Wildman–Crippen LogP) is 3.68. The molecule has 1 aromatic carbocycles. The van der Waals surface area contributed by atoms with Crippen LogP contribution in [0.5, 0.6) is 0 Å². The Hall–Kier alpha value is -3.47. The molecular weight excluding hydrogens is 382 g/mol. The van der Waals surface area contributed by atoms with Gasteiger partial charge in [-0.05, 0) is 32.0 Å². The zero-order valence-corrected chi connectivity index (χ0v) is 16.0. The van der Waals surface area contributed by atoms with Crippen LogP contribution in [0.15, 0.2) is 36.5 Å². The number of nitro groups is 1. The fraction of sp³-hybridized carbons (Fsp3) is 0.176. The Bertz CT molecular complexity index is 1060. The number of thiol groups is 1. The number of amides is 2. The normalized spacial score (nSPS) is 10.5. The number of rotatable bonds is 5. The minimum absolute atomic E-state index is 0.00843. The van der Waals surface area contributed by atoms with Crippen molar-refractivity contribution in [2.45, 2.75) is 13.8 Å². The number of carbonyl (C=O) groups is 1. The molecule has 0 aliphatic rings. The monoisotopic (exact) mass is 399 g/mol. The first-order valence-corrected chi connectivity index (χ1v) is 8.71. The molecule has 0 radical (unpaired) electrons. The summed E-state index contributed by atoms with van der Waals surface area (Å²) >= 11 is 4.04. The number of hydrogen-bond donors (Lipinski definition) is 3. The number of benzene rings is 1. The lowest BCUT2D eigenvalue weighted by Gasteiger charge is -2.13. The summed E-state index contributed by atoms with van der Waals surface area (Å²) in [4.78, 5) is 35.5. The lowest BCUT2D eigenvalue weighted by molar-refractivity contribution is -0.385. The van der Waals surface area contributed by atoms with E-state index in [0.29, 0.717) is 40.6 Å². The third-order valence-electron chi connectivity index (χ3n) is 3.94. The van der Waals surface area contributed by atoms with Crippen LogP contribution in [0.25, 0.3) is 11.2 Å². The molecule has 3 aromatic rings. The first-order valence-electron chi connectivity index (χ1n) is 8.31. The number of anilines is 3. The fourth-order valence-corrected chi connectivity index (χ4v) is 2.49. The Labute approximate surface area is 165 Å². The first-order chi connectivity index (χ1) is 13.4. The summed E-state index contributed by atoms with van der Waals surface area (Å²) in [5.74, 6) is 0.680. The molecule has 0 unspecified atom stereocenters. The maximum atomic E-state index is 11.9. The summed E-state index contributed by atoms with van der Waals surface area (Å²) in [6.07, 6.45) is 1.51. The molecular formula is C17H17N7O3S. The first kappa shape index (κ1) is 19.3. The van der Waals surface area contributed by atoms with Crippen molar-refractivity contribution in [3.8, 4) is 0 Å². The van der Waals surface area contributed by atoms with Gasteiger partial charge in [0.05, 0.1) is 16.7 Å². The van der Waals surface area contributed by atoms with Crippen LogP contribution in [0, 0.1) is 17.0 Å². The minimum atomic E-state index is -0.440. The standard InChI is InChI=1S/C17H17N7O3S/c1-3-23(28)17(25)22-14-8-7-12-16(20-14)21-15(9-18-12)19-11-5-4-6-13(10(11)2)24(26)27/h4-9,28H,3H2,1-2H3,(H2,19,20,21,22,25). The molecule has 0 fully saturated rings. The number of carbonyl (C=O) groups excluding carboxylic acids is 1. The summed E-state index contributed by atoms with van der Waals surface area (Å²) in [6, 6.07) is 7.62. The molecule has 2 heterocycles. The van der Waals surface area contributed by atoms with Gasteiger partial charge in [-0.2, -0.15) is 0 Å². The van der Waals surface area contributed by atoms with E-state index >= 15 is 0 Å². The van der Waals surface area contributed by atoms with E-state index in [1.165, 1.54) is 16.6 Å². The van der Waals surface area contributed by atoms with Gasteiger partial charge in [0, 0.05) is 18.3 Å². The SMILES string of the molecule is CCN(S)C(=O)Nc1ccc2ncc(Nc3cccc([N+](=O)[O-])c3C)nc2n1. The number of nitrogens with zero attached hydrogens (tertiary/aromatic N) is 5. The molecule has 2 amide bonds. The van der Waals surface area contributed by atoms with Crippen molar-refractivity contribution in [2.75, 3.05) is 17.2 Å². The Balaban J connectivity index is 1.88. The molecule has 0 bridgehead atoms. The van der Waals surface area contributed by atoms with Crippen molar-refractivity contribution < 1.29 is 9.72 Å². The quantitative estimate of drug-likeness (QED) is 0.339. The molecule has 2 N–H and O–H groups in total. The molecule has 0 aliphatic carbocycles. The van der Waals surface area contributed by atoms with Crippen LogP contribution in [-0.2, 0) is 0 Å². The maximum absolute atomic E-state index is 11.9. The highest BCUT2D eigenvalue weighted by atomic mass is 32.1. The lowest BCUT2D eigenvalue weighted by atomic mass is 10.1. The molecule has 3 rings (SSSR count). The van der Waals surface area contributed by atoms with Gasteiger partial charge in [0.2, 0.25) is 0 Å². The second kappa shape index (κ2) is 8.05. The number of aromatic nitrogens is 3. The van der Waals surface area contributed by atoms with Crippen molar-refractivity contribution in [2.24, 2.45) is 0 Å². The fourth-order valence-electron chi connectivity index (χ4n) is 2.44. The molecule has 11 heteroatoms. The molecule has 10 nitrogen and oxygen atoms in total. The van der Waals surface area contributed by atoms with Gasteiger partial charge in [-0.25, -0.2) is 19.7 Å². The molecule has 0 saturated carbocycles. The largest absolute Gasteiger partial charge is 0.338 e. The van der Waals surface area contributed by atoms with Gasteiger partial charge in [0.1, 0.15) is 11.3 Å². The van der Waals surface area contributed by atoms with Crippen LogP contribution < -0.4 is 10.6 Å². The van der Waals surface area contributed by atoms with Crippen molar-refractivity contribution in [3.05, 3.63) is 52.2 Å². The van der Waals surface area contributed by atoms with Crippen LogP contribution in [0.2, 0.25) is 0 Å². The van der Waals surface area contributed by atoms with E-state index in [-0.39, 0.29) is 5.69 Å². The molecule has 0 aliphatic heterocycles. The van der Waals surface area contributed by atoms with Crippen LogP contribution in [-0.4, -0.2) is 36.8 Å². The maximum Gasteiger partial charge on any atom is 0.332 e. The van der Waals surface area contributed by atoms with E-state index in [1.807, 2.05) is 0 Å². The molecule has 0 atom stereocenters. The van der Waals surface area contributed by atoms with Crippen LogP contribution in [0.4, 0.5) is 27.8 Å². The molecule has 28 heavy (non-hydrogen) atoms. The number of nitro benzene ring substituents is 1. The Morgan fingerprint density at radius 3 is 2.71 bits per heavy atom. The van der Waals surface area contributed by atoms with Crippen molar-refractivity contribution >= 4 is 53.0 Å². The smallest absolute Gasteiger partial charge is 0.332 e. The highest BCUT2D eigenvalue weighted by Gasteiger charge is 2.14. The molecule has 144 valence electrons. The number of nitrogens with one attached hydrogen (secondary N) is 2. The molecule has 0 spiro atoms. The van der Waals surface area contributed by atoms with Gasteiger partial charge >= 0.3 is 6.03 Å². The summed E-state index contributed by atoms with van der Waals surface area (Å²) in [6.45, 7) is 3.87. The van der Waals surface area contributed by atoms with Gasteiger partial charge in [0.25, 0.3) is 5.69 Å². The van der Waals surface area contributed by atoms with Crippen molar-refractivity contribution in [3.63, 3.8) is 0 Å². The average molecular weight is 399 g/mol. The van der Waals surface area contributed by atoms with E-state index in [1.54, 1.807) is 38.1 Å². The Morgan fingerprint density at radius 1 is 1.25 bits per heavy atom. The number of urea groups is 1. The minimum Gasteiger partial charge on any atom is -0.338 e. The van der Waals surface area contributed by atoms with E-state index in [9.17, 15) is 14.9 Å². The number of fused-ring (bicyclic) bond motifs is 1. The van der Waals surface area contributed by atoms with Gasteiger partial charge in [-0.3, -0.25) is 19.7 Å². The zero-order chi connectivity index (χ0) is 20.3. The van der Waals surface area contributed by atoms with Crippen molar-refractivity contribution in [1.29, 1.82) is 0 Å². The van der Waals surface area contributed by atoms with Crippen molar-refractivity contribution in [1.82, 2.24) is 19.3 Å². The van der Waals surface area contributed by atoms with Gasteiger partial charge in [0.15, 0.2) is 11.5 Å². The Kier molecular flexibility index (Phi) is 5.54. The van der Waals surface area contributed by atoms with E-state index in [2.05, 4.69) is 38.4 Å². The average Bonchev–Trinajstić information content (AvgIpc) is 2.68. The molecule has 0 saturated heterocycles. The highest BCUT2D eigenvalue weighted by Crippen LogP contribution is 2.27. The third kappa shape index (κ3) is 4.09. The summed E-state index contributed by atoms with van der Waals surface area (Å²) in [5.41, 5.74) is 1.89. The van der Waals surface area contributed by atoms with Crippen LogP contribution >= 0.6 is 12.8 Å². The second-order valence-corrected chi connectivity index (χ2v) is 6.26. The lowest BCUT2D eigenvalue weighted by Crippen LogP contribution is -2.27. The van der Waals surface area contributed by atoms with E-state index < -0.39 is 11.0 Å². The van der Waals surface area contributed by atoms with Gasteiger partial charge in [-0.1, -0.05) is 18.9 Å². The van der Waals surface area contributed by atoms with Crippen LogP contribution in [0.1, 0.15) is 12.5 Å². The third-order valence-corrected chi connectivity index (χ3v) is 4.40. The zero-order valence-electron chi connectivity index (χ0n) is 15.1. The van der Waals surface area contributed by atoms with E-state index in [4.69, 9.17) is 0 Å². The highest BCUT2D eigenvalue weighted by molar-refractivity contribution is 7.78. The van der Waals surface area contributed by atoms with Gasteiger partial charge < -0.3 is 5.32 Å². The second-order valence-electron chi connectivity index (χ2n) is 5.77. The summed E-state index contributed by atoms with van der Waals surface area (Å²) < 4.78 is 1.21. The van der Waals surface area contributed by atoms with Gasteiger partial charge in [-0.15, -0.1) is 0 Å². The topological polar surface area (TPSA) is 126 Å². The predicted molar refractivity (Wildman–Crippen MR) is 109 cm³/mol.